The second-order valence-electron chi connectivity index (χ2n) is 7.66. The van der Waals surface area contributed by atoms with Crippen molar-refractivity contribution in [2.75, 3.05) is 0 Å². The minimum absolute atomic E-state index is 0.522. The average molecular weight is 387 g/mol. The van der Waals surface area contributed by atoms with Crippen LogP contribution in [0.2, 0.25) is 0 Å². The van der Waals surface area contributed by atoms with Crippen LogP contribution < -0.4 is 5.46 Å². The van der Waals surface area contributed by atoms with Crippen molar-refractivity contribution in [3.05, 3.63) is 97.1 Å². The van der Waals surface area contributed by atoms with Gasteiger partial charge in [-0.3, -0.25) is 0 Å². The number of aromatic nitrogens is 1. The average Bonchev–Trinajstić information content (AvgIpc) is 3.13. The maximum Gasteiger partial charge on any atom is 0.489 e. The van der Waals surface area contributed by atoms with E-state index in [1.165, 1.54) is 21.5 Å². The van der Waals surface area contributed by atoms with Crippen LogP contribution in [0.15, 0.2) is 97.1 Å². The highest BCUT2D eigenvalue weighted by atomic mass is 16.4. The van der Waals surface area contributed by atoms with E-state index in [4.69, 9.17) is 0 Å². The molecular weight excluding hydrogens is 369 g/mol. The number of nitrogens with zero attached hydrogens (tertiary/aromatic N) is 1. The van der Waals surface area contributed by atoms with Gasteiger partial charge in [-0.2, -0.15) is 0 Å². The van der Waals surface area contributed by atoms with Crippen molar-refractivity contribution in [1.29, 1.82) is 0 Å². The van der Waals surface area contributed by atoms with Gasteiger partial charge in [-0.05, 0) is 51.3 Å². The van der Waals surface area contributed by atoms with Crippen LogP contribution in [0.3, 0.4) is 0 Å². The maximum atomic E-state index is 9.97. The lowest BCUT2D eigenvalue weighted by Gasteiger charge is -2.11. The molecule has 5 aromatic carbocycles. The van der Waals surface area contributed by atoms with E-state index in [1.807, 2.05) is 30.3 Å². The Kier molecular flexibility index (Phi) is 3.72. The highest BCUT2D eigenvalue weighted by molar-refractivity contribution is 6.63. The quantitative estimate of drug-likeness (QED) is 0.332. The largest absolute Gasteiger partial charge is 0.489 e. The molecule has 142 valence electrons. The molecule has 4 heteroatoms. The number of benzene rings is 5. The standard InChI is InChI=1S/C26H18BNO2/c29-27(30)23-9-5-11-25-26(23)21-8-3-4-10-24(21)28(25)19-15-14-18-13-12-17-6-1-2-7-20(17)22(18)16-19/h1-16,29-30H. The third-order valence-electron chi connectivity index (χ3n) is 6.00. The van der Waals surface area contributed by atoms with Crippen LogP contribution in [0, 0.1) is 0 Å². The molecule has 3 nitrogen and oxygen atoms in total. The van der Waals surface area contributed by atoms with Gasteiger partial charge in [0.25, 0.3) is 0 Å². The number of hydrogen-bond donors (Lipinski definition) is 2. The summed E-state index contributed by atoms with van der Waals surface area (Å²) >= 11 is 0. The van der Waals surface area contributed by atoms with Crippen molar-refractivity contribution in [2.24, 2.45) is 0 Å². The molecule has 0 fully saturated rings. The van der Waals surface area contributed by atoms with Gasteiger partial charge in [0, 0.05) is 16.5 Å². The fourth-order valence-electron chi connectivity index (χ4n) is 4.67. The molecule has 30 heavy (non-hydrogen) atoms. The molecule has 0 aliphatic heterocycles. The molecule has 0 radical (unpaired) electrons. The van der Waals surface area contributed by atoms with E-state index in [0.29, 0.717) is 5.46 Å². The molecule has 0 aliphatic rings. The summed E-state index contributed by atoms with van der Waals surface area (Å²) in [4.78, 5) is 0. The van der Waals surface area contributed by atoms with Crippen LogP contribution in [-0.2, 0) is 0 Å². The highest BCUT2D eigenvalue weighted by Gasteiger charge is 2.20. The van der Waals surface area contributed by atoms with Crippen LogP contribution in [-0.4, -0.2) is 21.7 Å². The Morgan fingerprint density at radius 3 is 2.07 bits per heavy atom. The third-order valence-corrected chi connectivity index (χ3v) is 6.00. The normalized spacial score (nSPS) is 11.7. The van der Waals surface area contributed by atoms with Crippen molar-refractivity contribution in [2.45, 2.75) is 0 Å². The monoisotopic (exact) mass is 387 g/mol. The van der Waals surface area contributed by atoms with Gasteiger partial charge in [-0.15, -0.1) is 0 Å². The lowest BCUT2D eigenvalue weighted by molar-refractivity contribution is 0.426. The molecule has 2 N–H and O–H groups in total. The van der Waals surface area contributed by atoms with Crippen LogP contribution in [0.25, 0.3) is 49.0 Å². The Hall–Kier alpha value is -3.60. The van der Waals surface area contributed by atoms with Crippen molar-refractivity contribution in [1.82, 2.24) is 4.57 Å². The van der Waals surface area contributed by atoms with Crippen molar-refractivity contribution in [3.8, 4) is 5.69 Å². The molecule has 1 aromatic heterocycles. The molecule has 1 heterocycles. The van der Waals surface area contributed by atoms with E-state index in [2.05, 4.69) is 65.2 Å². The molecule has 6 aromatic rings. The van der Waals surface area contributed by atoms with Gasteiger partial charge in [0.1, 0.15) is 0 Å². The maximum absolute atomic E-state index is 9.97. The van der Waals surface area contributed by atoms with Crippen LogP contribution in [0.5, 0.6) is 0 Å². The lowest BCUT2D eigenvalue weighted by atomic mass is 9.77. The fourth-order valence-corrected chi connectivity index (χ4v) is 4.67. The molecule has 0 aliphatic carbocycles. The summed E-state index contributed by atoms with van der Waals surface area (Å²) in [7, 11) is -1.52. The Bertz CT molecular complexity index is 1580. The predicted octanol–water partition coefficient (Wildman–Crippen LogP) is 4.77. The summed E-state index contributed by atoms with van der Waals surface area (Å²) in [5, 5.41) is 26.7. The first-order valence-corrected chi connectivity index (χ1v) is 10.0. The Labute approximate surface area is 173 Å². The van der Waals surface area contributed by atoms with Gasteiger partial charge < -0.3 is 14.6 Å². The van der Waals surface area contributed by atoms with Crippen LogP contribution in [0.1, 0.15) is 0 Å². The van der Waals surface area contributed by atoms with Crippen LogP contribution >= 0.6 is 0 Å². The summed E-state index contributed by atoms with van der Waals surface area (Å²) in [5.41, 5.74) is 3.57. The van der Waals surface area contributed by atoms with E-state index in [0.717, 1.165) is 27.5 Å². The molecular formula is C26H18BNO2. The summed E-state index contributed by atoms with van der Waals surface area (Å²) < 4.78 is 2.21. The molecule has 0 amide bonds. The first-order valence-electron chi connectivity index (χ1n) is 10.0. The van der Waals surface area contributed by atoms with Gasteiger partial charge >= 0.3 is 7.12 Å². The SMILES string of the molecule is OB(O)c1cccc2c1c1ccccc1n2-c1ccc2ccc3ccccc3c2c1. The number of hydrogen-bond acceptors (Lipinski definition) is 2. The van der Waals surface area contributed by atoms with Crippen LogP contribution in [0.4, 0.5) is 0 Å². The second kappa shape index (κ2) is 6.46. The number of para-hydroxylation sites is 1. The number of rotatable bonds is 2. The van der Waals surface area contributed by atoms with Crippen molar-refractivity contribution >= 4 is 55.9 Å². The minimum Gasteiger partial charge on any atom is -0.423 e. The van der Waals surface area contributed by atoms with E-state index < -0.39 is 7.12 Å². The zero-order valence-corrected chi connectivity index (χ0v) is 16.2. The Morgan fingerprint density at radius 2 is 1.23 bits per heavy atom. The first kappa shape index (κ1) is 17.3. The van der Waals surface area contributed by atoms with Gasteiger partial charge in [0.2, 0.25) is 0 Å². The Morgan fingerprint density at radius 1 is 0.567 bits per heavy atom. The lowest BCUT2D eigenvalue weighted by Crippen LogP contribution is -2.30. The summed E-state index contributed by atoms with van der Waals surface area (Å²) in [5.74, 6) is 0. The highest BCUT2D eigenvalue weighted by Crippen LogP contribution is 2.33. The molecule has 0 atom stereocenters. The third kappa shape index (κ3) is 2.41. The first-order chi connectivity index (χ1) is 14.7. The summed E-state index contributed by atoms with van der Waals surface area (Å²) in [6, 6.07) is 33.1. The van der Waals surface area contributed by atoms with Gasteiger partial charge in [-0.25, -0.2) is 0 Å². The van der Waals surface area contributed by atoms with E-state index in [-0.39, 0.29) is 0 Å². The smallest absolute Gasteiger partial charge is 0.423 e. The Balaban J connectivity index is 1.75. The van der Waals surface area contributed by atoms with E-state index >= 15 is 0 Å². The predicted molar refractivity (Wildman–Crippen MR) is 126 cm³/mol. The van der Waals surface area contributed by atoms with Crippen molar-refractivity contribution < 1.29 is 10.0 Å². The fraction of sp³-hybridized carbons (Fsp3) is 0. The number of fused-ring (bicyclic) bond motifs is 6. The minimum atomic E-state index is -1.52. The summed E-state index contributed by atoms with van der Waals surface area (Å²) in [6.45, 7) is 0. The van der Waals surface area contributed by atoms with Crippen molar-refractivity contribution in [3.63, 3.8) is 0 Å². The molecule has 0 unspecified atom stereocenters. The van der Waals surface area contributed by atoms with Gasteiger partial charge in [-0.1, -0.05) is 72.8 Å². The molecule has 0 saturated heterocycles. The van der Waals surface area contributed by atoms with E-state index in [1.54, 1.807) is 6.07 Å². The zero-order valence-electron chi connectivity index (χ0n) is 16.2. The topological polar surface area (TPSA) is 45.4 Å². The molecule has 0 spiro atoms. The zero-order chi connectivity index (χ0) is 20.2. The molecule has 6 rings (SSSR count). The molecule has 0 bridgehead atoms. The van der Waals surface area contributed by atoms with Gasteiger partial charge in [0.05, 0.1) is 11.0 Å². The molecule has 0 saturated carbocycles. The van der Waals surface area contributed by atoms with E-state index in [9.17, 15) is 10.0 Å². The van der Waals surface area contributed by atoms with Gasteiger partial charge in [0.15, 0.2) is 0 Å². The second-order valence-corrected chi connectivity index (χ2v) is 7.66. The summed E-state index contributed by atoms with van der Waals surface area (Å²) in [6.07, 6.45) is 0.